The number of imide groups is 1. The standard InChI is InChI=1S/C18H22ClN3O4/c1-12-11-13(4-5-14(12)19)26-10-2-3-15(23)22-8-6-18(7-9-22)16(24)20-17(25)21-18/h4-5,11H,2-3,6-10H2,1H3,(H2,20,21,24,25). The lowest BCUT2D eigenvalue weighted by molar-refractivity contribution is -0.136. The summed E-state index contributed by atoms with van der Waals surface area (Å²) in [6.07, 6.45) is 1.88. The number of likely N-dealkylation sites (tertiary alicyclic amines) is 1. The number of hydrogen-bond donors (Lipinski definition) is 2. The molecule has 2 heterocycles. The maximum absolute atomic E-state index is 12.3. The minimum absolute atomic E-state index is 0.0421. The highest BCUT2D eigenvalue weighted by Crippen LogP contribution is 2.26. The van der Waals surface area contributed by atoms with E-state index in [9.17, 15) is 14.4 Å². The van der Waals surface area contributed by atoms with Crippen LogP contribution in [0.4, 0.5) is 4.79 Å². The van der Waals surface area contributed by atoms with Gasteiger partial charge >= 0.3 is 6.03 Å². The first-order valence-electron chi connectivity index (χ1n) is 8.70. The van der Waals surface area contributed by atoms with Gasteiger partial charge in [0, 0.05) is 24.5 Å². The third-order valence-electron chi connectivity index (χ3n) is 4.92. The van der Waals surface area contributed by atoms with E-state index >= 15 is 0 Å². The van der Waals surface area contributed by atoms with Gasteiger partial charge in [-0.1, -0.05) is 11.6 Å². The highest BCUT2D eigenvalue weighted by atomic mass is 35.5. The van der Waals surface area contributed by atoms with Crippen molar-refractivity contribution in [3.05, 3.63) is 28.8 Å². The molecule has 2 aliphatic rings. The number of halogens is 1. The molecule has 26 heavy (non-hydrogen) atoms. The Hall–Kier alpha value is -2.28. The molecule has 3 rings (SSSR count). The third-order valence-corrected chi connectivity index (χ3v) is 5.34. The van der Waals surface area contributed by atoms with Gasteiger partial charge in [0.15, 0.2) is 0 Å². The number of ether oxygens (including phenoxy) is 1. The lowest BCUT2D eigenvalue weighted by Gasteiger charge is -2.37. The van der Waals surface area contributed by atoms with Crippen LogP contribution in [0.1, 0.15) is 31.2 Å². The smallest absolute Gasteiger partial charge is 0.322 e. The molecule has 0 unspecified atom stereocenters. The summed E-state index contributed by atoms with van der Waals surface area (Å²) in [5, 5.41) is 5.66. The van der Waals surface area contributed by atoms with Crippen molar-refractivity contribution < 1.29 is 19.1 Å². The Balaban J connectivity index is 1.40. The van der Waals surface area contributed by atoms with Gasteiger partial charge in [-0.2, -0.15) is 0 Å². The van der Waals surface area contributed by atoms with Gasteiger partial charge in [0.1, 0.15) is 11.3 Å². The van der Waals surface area contributed by atoms with Crippen molar-refractivity contribution >= 4 is 29.4 Å². The van der Waals surface area contributed by atoms with Crippen LogP contribution in [0.3, 0.4) is 0 Å². The van der Waals surface area contributed by atoms with E-state index in [1.54, 1.807) is 11.0 Å². The van der Waals surface area contributed by atoms with E-state index in [2.05, 4.69) is 10.6 Å². The summed E-state index contributed by atoms with van der Waals surface area (Å²) in [6.45, 7) is 3.28. The van der Waals surface area contributed by atoms with Gasteiger partial charge in [-0.05, 0) is 49.9 Å². The van der Waals surface area contributed by atoms with E-state index in [4.69, 9.17) is 16.3 Å². The van der Waals surface area contributed by atoms with Crippen molar-refractivity contribution in [1.82, 2.24) is 15.5 Å². The van der Waals surface area contributed by atoms with Gasteiger partial charge in [0.25, 0.3) is 5.91 Å². The Morgan fingerprint density at radius 2 is 2.04 bits per heavy atom. The fraction of sp³-hybridized carbons (Fsp3) is 0.500. The SMILES string of the molecule is Cc1cc(OCCCC(=O)N2CCC3(CC2)NC(=O)NC3=O)ccc1Cl. The normalized spacial score (nSPS) is 18.6. The van der Waals surface area contributed by atoms with Gasteiger partial charge in [0.05, 0.1) is 6.61 Å². The number of aryl methyl sites for hydroxylation is 1. The molecule has 4 amide bonds. The number of nitrogens with one attached hydrogen (secondary N) is 2. The molecule has 1 aromatic rings. The Labute approximate surface area is 157 Å². The van der Waals surface area contributed by atoms with E-state index in [-0.39, 0.29) is 11.8 Å². The Morgan fingerprint density at radius 3 is 2.65 bits per heavy atom. The lowest BCUT2D eigenvalue weighted by Crippen LogP contribution is -2.55. The molecule has 2 fully saturated rings. The van der Waals surface area contributed by atoms with Crippen LogP contribution in [0, 0.1) is 6.92 Å². The molecular formula is C18H22ClN3O4. The molecule has 0 radical (unpaired) electrons. The van der Waals surface area contributed by atoms with Gasteiger partial charge < -0.3 is 15.0 Å². The molecule has 0 aliphatic carbocycles. The third kappa shape index (κ3) is 3.93. The topological polar surface area (TPSA) is 87.7 Å². The number of benzene rings is 1. The van der Waals surface area contributed by atoms with Crippen molar-refractivity contribution in [3.63, 3.8) is 0 Å². The molecule has 0 aromatic heterocycles. The monoisotopic (exact) mass is 379 g/mol. The fourth-order valence-corrected chi connectivity index (χ4v) is 3.41. The van der Waals surface area contributed by atoms with Crippen LogP contribution in [0.15, 0.2) is 18.2 Å². The summed E-state index contributed by atoms with van der Waals surface area (Å²) in [4.78, 5) is 37.3. The number of carbonyl (C=O) groups excluding carboxylic acids is 3. The molecule has 0 bridgehead atoms. The van der Waals surface area contributed by atoms with Crippen LogP contribution in [-0.4, -0.2) is 48.0 Å². The molecule has 2 saturated heterocycles. The molecule has 1 spiro atoms. The second-order valence-electron chi connectivity index (χ2n) is 6.73. The van der Waals surface area contributed by atoms with Crippen molar-refractivity contribution in [2.24, 2.45) is 0 Å². The first-order valence-corrected chi connectivity index (χ1v) is 9.08. The van der Waals surface area contributed by atoms with Gasteiger partial charge in [-0.25, -0.2) is 4.79 Å². The van der Waals surface area contributed by atoms with Crippen LogP contribution in [-0.2, 0) is 9.59 Å². The number of amides is 4. The minimum atomic E-state index is -0.844. The van der Waals surface area contributed by atoms with Crippen LogP contribution in [0.5, 0.6) is 5.75 Å². The summed E-state index contributed by atoms with van der Waals surface area (Å²) in [7, 11) is 0. The van der Waals surface area contributed by atoms with Gasteiger partial charge in [0.2, 0.25) is 5.91 Å². The maximum atomic E-state index is 12.3. The molecule has 2 aliphatic heterocycles. The number of urea groups is 1. The van der Waals surface area contributed by atoms with E-state index in [1.807, 2.05) is 19.1 Å². The molecule has 0 atom stereocenters. The van der Waals surface area contributed by atoms with E-state index in [1.165, 1.54) is 0 Å². The Bertz CT molecular complexity index is 729. The van der Waals surface area contributed by atoms with E-state index in [0.717, 1.165) is 11.3 Å². The quantitative estimate of drug-likeness (QED) is 0.605. The first-order chi connectivity index (χ1) is 12.4. The zero-order valence-corrected chi connectivity index (χ0v) is 15.4. The second kappa shape index (κ2) is 7.53. The average molecular weight is 380 g/mol. The van der Waals surface area contributed by atoms with E-state index in [0.29, 0.717) is 50.4 Å². The van der Waals surface area contributed by atoms with Gasteiger partial charge in [-0.15, -0.1) is 0 Å². The predicted octanol–water partition coefficient (Wildman–Crippen LogP) is 2.01. The Morgan fingerprint density at radius 1 is 1.31 bits per heavy atom. The molecular weight excluding hydrogens is 358 g/mol. The first kappa shape index (κ1) is 18.5. The summed E-state index contributed by atoms with van der Waals surface area (Å²) in [5.41, 5.74) is 0.106. The fourth-order valence-electron chi connectivity index (χ4n) is 3.30. The molecule has 2 N–H and O–H groups in total. The van der Waals surface area contributed by atoms with Crippen LogP contribution < -0.4 is 15.4 Å². The molecule has 8 heteroatoms. The molecule has 0 saturated carbocycles. The lowest BCUT2D eigenvalue weighted by atomic mass is 9.87. The van der Waals surface area contributed by atoms with Crippen molar-refractivity contribution in [2.75, 3.05) is 19.7 Å². The molecule has 7 nitrogen and oxygen atoms in total. The highest BCUT2D eigenvalue weighted by Gasteiger charge is 2.48. The van der Waals surface area contributed by atoms with Crippen LogP contribution in [0.2, 0.25) is 5.02 Å². The summed E-state index contributed by atoms with van der Waals surface area (Å²) in [5.74, 6) is 0.490. The maximum Gasteiger partial charge on any atom is 0.322 e. The van der Waals surface area contributed by atoms with Gasteiger partial charge in [-0.3, -0.25) is 14.9 Å². The largest absolute Gasteiger partial charge is 0.494 e. The van der Waals surface area contributed by atoms with Crippen molar-refractivity contribution in [1.29, 1.82) is 0 Å². The summed E-state index contributed by atoms with van der Waals surface area (Å²) >= 11 is 5.98. The number of rotatable bonds is 5. The number of hydrogen-bond acceptors (Lipinski definition) is 4. The van der Waals surface area contributed by atoms with E-state index < -0.39 is 11.6 Å². The molecule has 140 valence electrons. The zero-order chi connectivity index (χ0) is 18.7. The number of piperidine rings is 1. The predicted molar refractivity (Wildman–Crippen MR) is 96.1 cm³/mol. The highest BCUT2D eigenvalue weighted by molar-refractivity contribution is 6.31. The van der Waals surface area contributed by atoms with Crippen LogP contribution in [0.25, 0.3) is 0 Å². The second-order valence-corrected chi connectivity index (χ2v) is 7.14. The minimum Gasteiger partial charge on any atom is -0.494 e. The van der Waals surface area contributed by atoms with Crippen molar-refractivity contribution in [3.8, 4) is 5.75 Å². The Kier molecular flexibility index (Phi) is 5.36. The zero-order valence-electron chi connectivity index (χ0n) is 14.6. The van der Waals surface area contributed by atoms with Crippen LogP contribution >= 0.6 is 11.6 Å². The average Bonchev–Trinajstić information content (AvgIpc) is 2.88. The molecule has 1 aromatic carbocycles. The summed E-state index contributed by atoms with van der Waals surface area (Å²) in [6, 6.07) is 5.01. The number of carbonyl (C=O) groups is 3. The number of nitrogens with zero attached hydrogens (tertiary/aromatic N) is 1. The van der Waals surface area contributed by atoms with Crippen molar-refractivity contribution in [2.45, 2.75) is 38.1 Å². The summed E-state index contributed by atoms with van der Waals surface area (Å²) < 4.78 is 5.65.